The van der Waals surface area contributed by atoms with E-state index in [2.05, 4.69) is 9.97 Å². The molecule has 0 aliphatic rings. The van der Waals surface area contributed by atoms with Crippen molar-refractivity contribution >= 4 is 10.8 Å². The number of nitrogens with zero attached hydrogens (tertiary/aromatic N) is 1. The molecule has 0 aliphatic carbocycles. The number of hydrogen-bond donors (Lipinski definition) is 1. The van der Waals surface area contributed by atoms with Gasteiger partial charge in [0.15, 0.2) is 0 Å². The second kappa shape index (κ2) is 7.60. The lowest BCUT2D eigenvalue weighted by Gasteiger charge is -2.00. The zero-order chi connectivity index (χ0) is 13.4. The van der Waals surface area contributed by atoms with E-state index in [4.69, 9.17) is 0 Å². The monoisotopic (exact) mass is 234 g/mol. The van der Waals surface area contributed by atoms with Crippen molar-refractivity contribution in [3.63, 3.8) is 0 Å². The molecule has 0 saturated heterocycles. The van der Waals surface area contributed by atoms with Crippen molar-refractivity contribution in [3.05, 3.63) is 40.1 Å². The van der Waals surface area contributed by atoms with Crippen LogP contribution in [-0.2, 0) is 0 Å². The first kappa shape index (κ1) is 15.4. The van der Waals surface area contributed by atoms with Crippen LogP contribution in [0.4, 0.5) is 0 Å². The number of rotatable bonds is 0. The van der Waals surface area contributed by atoms with Crippen LogP contribution in [0.1, 0.15) is 39.0 Å². The SMILES string of the molecule is CC.CC.Cc1cc2c(C)c[nH]c(=O)c2cn1. The summed E-state index contributed by atoms with van der Waals surface area (Å²) in [4.78, 5) is 18.1. The van der Waals surface area contributed by atoms with Crippen molar-refractivity contribution in [2.45, 2.75) is 41.5 Å². The number of fused-ring (bicyclic) bond motifs is 1. The first-order chi connectivity index (χ1) is 8.18. The van der Waals surface area contributed by atoms with E-state index >= 15 is 0 Å². The molecule has 0 aliphatic heterocycles. The lowest BCUT2D eigenvalue weighted by Crippen LogP contribution is -2.06. The Hall–Kier alpha value is -1.64. The quantitative estimate of drug-likeness (QED) is 0.757. The molecular formula is C14H22N2O. The highest BCUT2D eigenvalue weighted by atomic mass is 16.1. The minimum absolute atomic E-state index is 0.0758. The Morgan fingerprint density at radius 2 is 1.65 bits per heavy atom. The van der Waals surface area contributed by atoms with Crippen LogP contribution in [0.5, 0.6) is 0 Å². The van der Waals surface area contributed by atoms with E-state index in [0.29, 0.717) is 5.39 Å². The molecule has 0 amide bonds. The minimum atomic E-state index is -0.0758. The molecule has 94 valence electrons. The number of aryl methyl sites for hydroxylation is 2. The fraction of sp³-hybridized carbons (Fsp3) is 0.429. The van der Waals surface area contributed by atoms with E-state index < -0.39 is 0 Å². The molecule has 3 nitrogen and oxygen atoms in total. The summed E-state index contributed by atoms with van der Waals surface area (Å²) in [7, 11) is 0. The Balaban J connectivity index is 0.000000581. The van der Waals surface area contributed by atoms with Crippen LogP contribution in [0.25, 0.3) is 10.8 Å². The zero-order valence-corrected chi connectivity index (χ0v) is 11.6. The molecule has 2 heterocycles. The summed E-state index contributed by atoms with van der Waals surface area (Å²) in [5.74, 6) is 0. The fourth-order valence-electron chi connectivity index (χ4n) is 1.40. The summed E-state index contributed by atoms with van der Waals surface area (Å²) in [5, 5.41) is 1.64. The van der Waals surface area contributed by atoms with Gasteiger partial charge in [0.2, 0.25) is 0 Å². The van der Waals surface area contributed by atoms with Gasteiger partial charge in [-0.1, -0.05) is 27.7 Å². The highest BCUT2D eigenvalue weighted by molar-refractivity contribution is 5.83. The number of aromatic nitrogens is 2. The Morgan fingerprint density at radius 3 is 2.24 bits per heavy atom. The number of H-pyrrole nitrogens is 1. The van der Waals surface area contributed by atoms with Crippen LogP contribution >= 0.6 is 0 Å². The molecule has 17 heavy (non-hydrogen) atoms. The van der Waals surface area contributed by atoms with E-state index in [1.54, 1.807) is 12.4 Å². The largest absolute Gasteiger partial charge is 0.328 e. The van der Waals surface area contributed by atoms with Gasteiger partial charge in [0.05, 0.1) is 5.39 Å². The van der Waals surface area contributed by atoms with Gasteiger partial charge in [-0.15, -0.1) is 0 Å². The Kier molecular flexibility index (Phi) is 6.87. The summed E-state index contributed by atoms with van der Waals surface area (Å²) < 4.78 is 0. The summed E-state index contributed by atoms with van der Waals surface area (Å²) in [6.07, 6.45) is 3.35. The summed E-state index contributed by atoms with van der Waals surface area (Å²) in [6, 6.07) is 1.93. The molecule has 3 heteroatoms. The van der Waals surface area contributed by atoms with Crippen molar-refractivity contribution in [3.8, 4) is 0 Å². The van der Waals surface area contributed by atoms with Gasteiger partial charge in [-0.25, -0.2) is 0 Å². The highest BCUT2D eigenvalue weighted by Crippen LogP contribution is 2.12. The molecule has 0 bridgehead atoms. The first-order valence-electron chi connectivity index (χ1n) is 6.13. The first-order valence-corrected chi connectivity index (χ1v) is 6.13. The normalized spacial score (nSPS) is 8.82. The van der Waals surface area contributed by atoms with Crippen molar-refractivity contribution < 1.29 is 0 Å². The van der Waals surface area contributed by atoms with Crippen LogP contribution in [0, 0.1) is 13.8 Å². The summed E-state index contributed by atoms with van der Waals surface area (Å²) >= 11 is 0. The van der Waals surface area contributed by atoms with Gasteiger partial charge >= 0.3 is 0 Å². The second-order valence-corrected chi connectivity index (χ2v) is 3.17. The van der Waals surface area contributed by atoms with Crippen LogP contribution in [0.2, 0.25) is 0 Å². The third-order valence-corrected chi connectivity index (χ3v) is 2.13. The smallest absolute Gasteiger partial charge is 0.257 e. The van der Waals surface area contributed by atoms with Crippen LogP contribution in [0.15, 0.2) is 23.3 Å². The van der Waals surface area contributed by atoms with E-state index in [0.717, 1.165) is 16.6 Å². The Bertz CT molecular complexity index is 515. The molecule has 0 fully saturated rings. The van der Waals surface area contributed by atoms with Gasteiger partial charge in [-0.3, -0.25) is 9.78 Å². The number of aromatic amines is 1. The Labute approximate surface area is 103 Å². The van der Waals surface area contributed by atoms with E-state index in [9.17, 15) is 4.79 Å². The molecular weight excluding hydrogens is 212 g/mol. The van der Waals surface area contributed by atoms with E-state index in [1.807, 2.05) is 47.6 Å². The van der Waals surface area contributed by atoms with Crippen molar-refractivity contribution in [1.29, 1.82) is 0 Å². The third-order valence-electron chi connectivity index (χ3n) is 2.13. The van der Waals surface area contributed by atoms with Crippen LogP contribution in [-0.4, -0.2) is 9.97 Å². The van der Waals surface area contributed by atoms with Crippen LogP contribution in [0.3, 0.4) is 0 Å². The molecule has 2 aromatic heterocycles. The maximum Gasteiger partial charge on any atom is 0.257 e. The molecule has 0 atom stereocenters. The molecule has 0 aromatic carbocycles. The van der Waals surface area contributed by atoms with Crippen LogP contribution < -0.4 is 5.56 Å². The third kappa shape index (κ3) is 3.70. The van der Waals surface area contributed by atoms with E-state index in [1.165, 1.54) is 0 Å². The van der Waals surface area contributed by atoms with Crippen molar-refractivity contribution in [1.82, 2.24) is 9.97 Å². The molecule has 2 rings (SSSR count). The lowest BCUT2D eigenvalue weighted by molar-refractivity contribution is 1.19. The summed E-state index contributed by atoms with van der Waals surface area (Å²) in [5.41, 5.74) is 1.93. The topological polar surface area (TPSA) is 45.8 Å². The maximum atomic E-state index is 11.3. The average molecular weight is 234 g/mol. The zero-order valence-electron chi connectivity index (χ0n) is 11.6. The molecule has 0 unspecified atom stereocenters. The molecule has 0 radical (unpaired) electrons. The van der Waals surface area contributed by atoms with Crippen molar-refractivity contribution in [2.24, 2.45) is 0 Å². The fourth-order valence-corrected chi connectivity index (χ4v) is 1.40. The maximum absolute atomic E-state index is 11.3. The second-order valence-electron chi connectivity index (χ2n) is 3.17. The predicted octanol–water partition coefficient (Wildman–Crippen LogP) is 3.59. The van der Waals surface area contributed by atoms with Gasteiger partial charge < -0.3 is 4.98 Å². The van der Waals surface area contributed by atoms with Gasteiger partial charge in [0.25, 0.3) is 5.56 Å². The van der Waals surface area contributed by atoms with Gasteiger partial charge in [0.1, 0.15) is 0 Å². The number of hydrogen-bond acceptors (Lipinski definition) is 2. The molecule has 0 spiro atoms. The van der Waals surface area contributed by atoms with Crippen molar-refractivity contribution in [2.75, 3.05) is 0 Å². The standard InChI is InChI=1S/C10H10N2O.2C2H6/c1-6-4-12-10(13)9-5-11-7(2)3-8(6)9;2*1-2/h3-5H,1-2H3,(H,12,13);2*1-2H3. The lowest BCUT2D eigenvalue weighted by atomic mass is 10.1. The highest BCUT2D eigenvalue weighted by Gasteiger charge is 2.01. The predicted molar refractivity (Wildman–Crippen MR) is 74.5 cm³/mol. The number of nitrogens with one attached hydrogen (secondary N) is 1. The number of pyridine rings is 2. The Morgan fingerprint density at radius 1 is 1.06 bits per heavy atom. The molecule has 2 aromatic rings. The summed E-state index contributed by atoms with van der Waals surface area (Å²) in [6.45, 7) is 11.9. The molecule has 1 N–H and O–H groups in total. The van der Waals surface area contributed by atoms with Gasteiger partial charge in [0, 0.05) is 18.1 Å². The van der Waals surface area contributed by atoms with Gasteiger partial charge in [-0.2, -0.15) is 0 Å². The average Bonchev–Trinajstić information content (AvgIpc) is 2.39. The van der Waals surface area contributed by atoms with E-state index in [-0.39, 0.29) is 5.56 Å². The minimum Gasteiger partial charge on any atom is -0.328 e. The van der Waals surface area contributed by atoms with Gasteiger partial charge in [-0.05, 0) is 30.9 Å². The molecule has 0 saturated carbocycles.